The fourth-order valence-corrected chi connectivity index (χ4v) is 3.70. The molecule has 0 atom stereocenters. The summed E-state index contributed by atoms with van der Waals surface area (Å²) in [4.78, 5) is 0. The Balaban J connectivity index is 1.51. The van der Waals surface area contributed by atoms with E-state index in [1.807, 2.05) is 0 Å². The van der Waals surface area contributed by atoms with E-state index in [0.29, 0.717) is 26.4 Å². The summed E-state index contributed by atoms with van der Waals surface area (Å²) in [6, 6.07) is 0. The van der Waals surface area contributed by atoms with Crippen molar-refractivity contribution in [2.75, 3.05) is 52.9 Å². The predicted molar refractivity (Wildman–Crippen MR) is 103 cm³/mol. The maximum Gasteiger partial charge on any atom is 0.0648 e. The number of hydrogen-bond acceptors (Lipinski definition) is 4. The van der Waals surface area contributed by atoms with Gasteiger partial charge in [0, 0.05) is 10.8 Å². The van der Waals surface area contributed by atoms with Crippen LogP contribution in [0, 0.1) is 10.8 Å². The zero-order valence-corrected chi connectivity index (χ0v) is 15.7. The van der Waals surface area contributed by atoms with Gasteiger partial charge in [-0.2, -0.15) is 0 Å². The van der Waals surface area contributed by atoms with Gasteiger partial charge in [0.05, 0.1) is 52.9 Å². The van der Waals surface area contributed by atoms with Gasteiger partial charge in [-0.05, 0) is 25.7 Å². The first-order valence-electron chi connectivity index (χ1n) is 9.74. The van der Waals surface area contributed by atoms with Gasteiger partial charge in [0.15, 0.2) is 0 Å². The number of allylic oxidation sites excluding steroid dienone is 4. The molecule has 3 rings (SSSR count). The van der Waals surface area contributed by atoms with Crippen LogP contribution in [0.4, 0.5) is 0 Å². The molecule has 0 unspecified atom stereocenters. The molecule has 0 saturated carbocycles. The minimum Gasteiger partial charge on any atom is -0.377 e. The molecule has 144 valence electrons. The van der Waals surface area contributed by atoms with E-state index in [-0.39, 0.29) is 10.8 Å². The van der Waals surface area contributed by atoms with Crippen LogP contribution in [-0.2, 0) is 18.9 Å². The van der Waals surface area contributed by atoms with Crippen LogP contribution in [0.1, 0.15) is 25.7 Å². The minimum absolute atomic E-state index is 0.0992. The lowest BCUT2D eigenvalue weighted by Crippen LogP contribution is -2.30. The molecule has 0 fully saturated rings. The Labute approximate surface area is 157 Å². The second-order valence-corrected chi connectivity index (χ2v) is 7.76. The first-order chi connectivity index (χ1) is 12.8. The van der Waals surface area contributed by atoms with E-state index >= 15 is 0 Å². The molecule has 1 heterocycles. The van der Waals surface area contributed by atoms with Gasteiger partial charge >= 0.3 is 0 Å². The maximum absolute atomic E-state index is 5.90. The second kappa shape index (κ2) is 10.2. The van der Waals surface area contributed by atoms with Gasteiger partial charge in [-0.1, -0.05) is 48.6 Å². The third-order valence-corrected chi connectivity index (χ3v) is 5.36. The molecule has 0 aromatic heterocycles. The normalized spacial score (nSPS) is 29.5. The lowest BCUT2D eigenvalue weighted by molar-refractivity contribution is -0.00625. The van der Waals surface area contributed by atoms with Gasteiger partial charge in [0.2, 0.25) is 0 Å². The van der Waals surface area contributed by atoms with Gasteiger partial charge < -0.3 is 18.9 Å². The summed E-state index contributed by atoms with van der Waals surface area (Å²) < 4.78 is 23.6. The predicted octanol–water partition coefficient (Wildman–Crippen LogP) is 3.85. The molecule has 0 aromatic rings. The molecular weight excluding hydrogens is 328 g/mol. The van der Waals surface area contributed by atoms with Crippen molar-refractivity contribution >= 4 is 0 Å². The summed E-state index contributed by atoms with van der Waals surface area (Å²) in [5.41, 5.74) is 0.198. The van der Waals surface area contributed by atoms with Crippen molar-refractivity contribution in [2.45, 2.75) is 25.7 Å². The monoisotopic (exact) mass is 360 g/mol. The van der Waals surface area contributed by atoms with Gasteiger partial charge in [-0.3, -0.25) is 0 Å². The number of hydrogen-bond donors (Lipinski definition) is 0. The van der Waals surface area contributed by atoms with Crippen LogP contribution in [0.5, 0.6) is 0 Å². The van der Waals surface area contributed by atoms with Crippen LogP contribution in [0.3, 0.4) is 0 Å². The van der Waals surface area contributed by atoms with Crippen molar-refractivity contribution in [3.05, 3.63) is 48.6 Å². The molecule has 0 amide bonds. The summed E-state index contributed by atoms with van der Waals surface area (Å²) >= 11 is 0. The molecule has 2 aliphatic carbocycles. The van der Waals surface area contributed by atoms with E-state index in [2.05, 4.69) is 48.6 Å². The van der Waals surface area contributed by atoms with Gasteiger partial charge in [-0.15, -0.1) is 0 Å². The second-order valence-electron chi connectivity index (χ2n) is 7.76. The minimum atomic E-state index is 0.0992. The summed E-state index contributed by atoms with van der Waals surface area (Å²) in [5.74, 6) is 0. The van der Waals surface area contributed by atoms with Crippen LogP contribution in [0.2, 0.25) is 0 Å². The summed E-state index contributed by atoms with van der Waals surface area (Å²) in [7, 11) is 0. The van der Waals surface area contributed by atoms with Crippen molar-refractivity contribution in [2.24, 2.45) is 10.8 Å². The number of rotatable bonds is 0. The lowest BCUT2D eigenvalue weighted by Gasteiger charge is -2.28. The third-order valence-electron chi connectivity index (χ3n) is 5.36. The zero-order chi connectivity index (χ0) is 18.0. The average molecular weight is 360 g/mol. The van der Waals surface area contributed by atoms with Gasteiger partial charge in [0.1, 0.15) is 0 Å². The summed E-state index contributed by atoms with van der Waals surface area (Å²) in [5, 5.41) is 0. The van der Waals surface area contributed by atoms with Crippen molar-refractivity contribution in [3.8, 4) is 0 Å². The molecule has 2 spiro atoms. The first-order valence-corrected chi connectivity index (χ1v) is 9.74. The highest BCUT2D eigenvalue weighted by atomic mass is 16.5. The molecule has 0 radical (unpaired) electrons. The van der Waals surface area contributed by atoms with E-state index in [9.17, 15) is 0 Å². The molecule has 0 aromatic carbocycles. The van der Waals surface area contributed by atoms with E-state index in [0.717, 1.165) is 52.1 Å². The van der Waals surface area contributed by atoms with Crippen LogP contribution in [-0.4, -0.2) is 52.9 Å². The smallest absolute Gasteiger partial charge is 0.0648 e. The summed E-state index contributed by atoms with van der Waals surface area (Å²) in [6.07, 6.45) is 21.3. The van der Waals surface area contributed by atoms with Crippen LogP contribution in [0.25, 0.3) is 0 Å². The molecule has 3 aliphatic rings. The fourth-order valence-electron chi connectivity index (χ4n) is 3.70. The Morgan fingerprint density at radius 1 is 0.385 bits per heavy atom. The Hall–Kier alpha value is -1.20. The Morgan fingerprint density at radius 2 is 0.654 bits per heavy atom. The molecular formula is C22H32O4. The van der Waals surface area contributed by atoms with E-state index in [1.165, 1.54) is 0 Å². The largest absolute Gasteiger partial charge is 0.377 e. The fraction of sp³-hybridized carbons (Fsp3) is 0.636. The van der Waals surface area contributed by atoms with Crippen LogP contribution < -0.4 is 0 Å². The SMILES string of the molecule is C1=CCC2(C1)COC/C=C/COCC1(CC=CC1)COC/C=C/COC2. The van der Waals surface area contributed by atoms with E-state index < -0.39 is 0 Å². The highest BCUT2D eigenvalue weighted by molar-refractivity contribution is 5.04. The lowest BCUT2D eigenvalue weighted by atomic mass is 9.87. The average Bonchev–Trinajstić information content (AvgIpc) is 3.30. The zero-order valence-electron chi connectivity index (χ0n) is 15.7. The Bertz CT molecular complexity index is 440. The molecule has 26 heavy (non-hydrogen) atoms. The summed E-state index contributed by atoms with van der Waals surface area (Å²) in [6.45, 7) is 5.42. The van der Waals surface area contributed by atoms with Crippen molar-refractivity contribution in [1.82, 2.24) is 0 Å². The molecule has 4 heteroatoms. The van der Waals surface area contributed by atoms with Gasteiger partial charge in [-0.25, -0.2) is 0 Å². The highest BCUT2D eigenvalue weighted by Crippen LogP contribution is 2.35. The molecule has 0 saturated heterocycles. The van der Waals surface area contributed by atoms with Gasteiger partial charge in [0.25, 0.3) is 0 Å². The maximum atomic E-state index is 5.90. The molecule has 0 N–H and O–H groups in total. The van der Waals surface area contributed by atoms with Crippen molar-refractivity contribution in [3.63, 3.8) is 0 Å². The van der Waals surface area contributed by atoms with Crippen molar-refractivity contribution < 1.29 is 18.9 Å². The first kappa shape index (κ1) is 19.6. The third kappa shape index (κ3) is 5.92. The molecule has 1 aliphatic heterocycles. The van der Waals surface area contributed by atoms with Crippen LogP contribution in [0.15, 0.2) is 48.6 Å². The quantitative estimate of drug-likeness (QED) is 0.615. The van der Waals surface area contributed by atoms with Crippen molar-refractivity contribution in [1.29, 1.82) is 0 Å². The topological polar surface area (TPSA) is 36.9 Å². The Morgan fingerprint density at radius 3 is 0.923 bits per heavy atom. The van der Waals surface area contributed by atoms with Crippen LogP contribution >= 0.6 is 0 Å². The molecule has 0 bridgehead atoms. The Kier molecular flexibility index (Phi) is 7.69. The van der Waals surface area contributed by atoms with E-state index in [4.69, 9.17) is 18.9 Å². The highest BCUT2D eigenvalue weighted by Gasteiger charge is 2.32. The van der Waals surface area contributed by atoms with E-state index in [1.54, 1.807) is 0 Å². The number of ether oxygens (including phenoxy) is 4. The standard InChI is InChI=1S/C22H32O4/c1-2-10-21(9-1)17-23-13-5-7-15-25-19-22(11-3-4-12-22)20-26-16-8-6-14-24-18-21/h1-8H,9-20H2/b7-5+,8-6+. The molecule has 4 nitrogen and oxygen atoms in total.